The highest BCUT2D eigenvalue weighted by atomic mass is 19.4. The number of hydrogen-bond acceptors (Lipinski definition) is 5. The molecular formula is C21H24F3N5O2. The average Bonchev–Trinajstić information content (AvgIpc) is 3.25. The van der Waals surface area contributed by atoms with Crippen molar-refractivity contribution >= 4 is 11.8 Å². The topological polar surface area (TPSA) is 85.4 Å². The van der Waals surface area contributed by atoms with E-state index in [-0.39, 0.29) is 12.2 Å². The van der Waals surface area contributed by atoms with E-state index in [1.165, 1.54) is 6.20 Å². The number of aromatic nitrogens is 3. The highest BCUT2D eigenvalue weighted by molar-refractivity contribution is 5.66. The zero-order valence-electron chi connectivity index (χ0n) is 17.1. The van der Waals surface area contributed by atoms with E-state index in [2.05, 4.69) is 24.8 Å². The predicted molar refractivity (Wildman–Crippen MR) is 110 cm³/mol. The number of allylic oxidation sites excluding steroid dienone is 3. The summed E-state index contributed by atoms with van der Waals surface area (Å²) in [6, 6.07) is 3.49. The SMILES string of the molecule is C/C=C(\C=C/CCC(=O)O)N1CCN(c2ccc(-c3nc(C(F)(F)F)c[nH]3)cn2)CC1. The van der Waals surface area contributed by atoms with Crippen molar-refractivity contribution < 1.29 is 23.1 Å². The fourth-order valence-corrected chi connectivity index (χ4v) is 3.32. The number of halogens is 3. The number of H-pyrrole nitrogens is 1. The summed E-state index contributed by atoms with van der Waals surface area (Å²) in [5, 5.41) is 8.72. The van der Waals surface area contributed by atoms with Gasteiger partial charge in [0, 0.05) is 56.3 Å². The average molecular weight is 435 g/mol. The van der Waals surface area contributed by atoms with Crippen molar-refractivity contribution in [1.29, 1.82) is 0 Å². The van der Waals surface area contributed by atoms with E-state index in [4.69, 9.17) is 5.11 Å². The van der Waals surface area contributed by atoms with Crippen LogP contribution in [-0.4, -0.2) is 57.1 Å². The van der Waals surface area contributed by atoms with E-state index in [0.29, 0.717) is 12.0 Å². The molecule has 0 aromatic carbocycles. The number of nitrogens with one attached hydrogen (secondary N) is 1. The van der Waals surface area contributed by atoms with Crippen molar-refractivity contribution in [2.24, 2.45) is 0 Å². The normalized spacial score (nSPS) is 15.7. The van der Waals surface area contributed by atoms with Gasteiger partial charge in [0.05, 0.1) is 0 Å². The first kappa shape index (κ1) is 22.4. The molecule has 0 aliphatic carbocycles. The summed E-state index contributed by atoms with van der Waals surface area (Å²) in [6.45, 7) is 4.98. The smallest absolute Gasteiger partial charge is 0.434 e. The van der Waals surface area contributed by atoms with Gasteiger partial charge >= 0.3 is 12.1 Å². The molecule has 166 valence electrons. The first-order chi connectivity index (χ1) is 14.8. The summed E-state index contributed by atoms with van der Waals surface area (Å²) in [4.78, 5) is 25.5. The molecule has 0 radical (unpaired) electrons. The van der Waals surface area contributed by atoms with Gasteiger partial charge in [-0.15, -0.1) is 0 Å². The number of imidazole rings is 1. The molecule has 31 heavy (non-hydrogen) atoms. The number of rotatable bonds is 7. The number of aromatic amines is 1. The molecule has 0 atom stereocenters. The van der Waals surface area contributed by atoms with Gasteiger partial charge in [-0.3, -0.25) is 4.79 Å². The third-order valence-corrected chi connectivity index (χ3v) is 4.97. The van der Waals surface area contributed by atoms with Gasteiger partial charge in [-0.2, -0.15) is 13.2 Å². The summed E-state index contributed by atoms with van der Waals surface area (Å²) in [6.07, 6.45) is 4.29. The number of carboxylic acid groups (broad SMARTS) is 1. The molecule has 1 saturated heterocycles. The van der Waals surface area contributed by atoms with Gasteiger partial charge in [-0.05, 0) is 31.6 Å². The molecule has 0 unspecified atom stereocenters. The second-order valence-electron chi connectivity index (χ2n) is 7.06. The Balaban J connectivity index is 1.57. The van der Waals surface area contributed by atoms with E-state index in [9.17, 15) is 18.0 Å². The molecule has 1 aliphatic heterocycles. The van der Waals surface area contributed by atoms with Gasteiger partial charge < -0.3 is 19.9 Å². The van der Waals surface area contributed by atoms with E-state index in [1.807, 2.05) is 25.2 Å². The van der Waals surface area contributed by atoms with Crippen LogP contribution in [0.25, 0.3) is 11.4 Å². The Morgan fingerprint density at radius 2 is 2.00 bits per heavy atom. The highest BCUT2D eigenvalue weighted by Gasteiger charge is 2.33. The van der Waals surface area contributed by atoms with Crippen LogP contribution in [0.15, 0.2) is 48.5 Å². The molecule has 2 N–H and O–H groups in total. The minimum Gasteiger partial charge on any atom is -0.481 e. The van der Waals surface area contributed by atoms with Crippen LogP contribution in [0.4, 0.5) is 19.0 Å². The number of nitrogens with zero attached hydrogens (tertiary/aromatic N) is 4. The maximum absolute atomic E-state index is 12.7. The van der Waals surface area contributed by atoms with Crippen molar-refractivity contribution in [3.8, 4) is 11.4 Å². The molecule has 0 spiro atoms. The molecule has 1 fully saturated rings. The van der Waals surface area contributed by atoms with Crippen LogP contribution in [0.1, 0.15) is 25.5 Å². The van der Waals surface area contributed by atoms with Crippen LogP contribution in [0.2, 0.25) is 0 Å². The fraction of sp³-hybridized carbons (Fsp3) is 0.381. The number of carboxylic acids is 1. The number of aliphatic carboxylic acids is 1. The second kappa shape index (κ2) is 9.67. The van der Waals surface area contributed by atoms with Crippen molar-refractivity contribution in [2.45, 2.75) is 25.9 Å². The van der Waals surface area contributed by atoms with Crippen molar-refractivity contribution in [1.82, 2.24) is 19.9 Å². The van der Waals surface area contributed by atoms with Crippen molar-refractivity contribution in [2.75, 3.05) is 31.1 Å². The van der Waals surface area contributed by atoms with Crippen LogP contribution in [0, 0.1) is 0 Å². The Kier molecular flexibility index (Phi) is 6.98. The Morgan fingerprint density at radius 1 is 1.26 bits per heavy atom. The molecule has 0 amide bonds. The van der Waals surface area contributed by atoms with E-state index in [0.717, 1.165) is 43.9 Å². The molecule has 1 aliphatic rings. The highest BCUT2D eigenvalue weighted by Crippen LogP contribution is 2.29. The standard InChI is InChI=1S/C21H24F3N5O2/c1-2-16(5-3-4-6-19(30)31)28-9-11-29(12-10-28)18-8-7-15(13-25-18)20-26-14-17(27-20)21(22,23)24/h2-3,5,7-8,13-14H,4,6,9-12H2,1H3,(H,26,27)(H,30,31)/b5-3-,16-2+. The summed E-state index contributed by atoms with van der Waals surface area (Å²) in [5.41, 5.74) is 0.576. The van der Waals surface area contributed by atoms with Crippen molar-refractivity contribution in [3.05, 3.63) is 54.1 Å². The number of alkyl halides is 3. The van der Waals surface area contributed by atoms with E-state index in [1.54, 1.807) is 12.1 Å². The van der Waals surface area contributed by atoms with Gasteiger partial charge in [0.25, 0.3) is 0 Å². The summed E-state index contributed by atoms with van der Waals surface area (Å²) in [7, 11) is 0. The molecule has 3 heterocycles. The monoisotopic (exact) mass is 435 g/mol. The summed E-state index contributed by atoms with van der Waals surface area (Å²) >= 11 is 0. The number of anilines is 1. The molecule has 0 saturated carbocycles. The molecule has 7 nitrogen and oxygen atoms in total. The van der Waals surface area contributed by atoms with Gasteiger partial charge in [0.15, 0.2) is 5.69 Å². The lowest BCUT2D eigenvalue weighted by Gasteiger charge is -2.37. The van der Waals surface area contributed by atoms with Crippen LogP contribution in [0.5, 0.6) is 0 Å². The van der Waals surface area contributed by atoms with Gasteiger partial charge in [0.2, 0.25) is 0 Å². The Hall–Kier alpha value is -3.30. The van der Waals surface area contributed by atoms with E-state index >= 15 is 0 Å². The fourth-order valence-electron chi connectivity index (χ4n) is 3.32. The minimum atomic E-state index is -4.49. The molecule has 2 aromatic rings. The maximum Gasteiger partial charge on any atom is 0.434 e. The molecule has 10 heteroatoms. The molecule has 2 aromatic heterocycles. The third-order valence-electron chi connectivity index (χ3n) is 4.97. The summed E-state index contributed by atoms with van der Waals surface area (Å²) in [5.74, 6) is 0.0697. The first-order valence-corrected chi connectivity index (χ1v) is 9.91. The molecular weight excluding hydrogens is 411 g/mol. The van der Waals surface area contributed by atoms with Crippen LogP contribution < -0.4 is 4.90 Å². The van der Waals surface area contributed by atoms with Gasteiger partial charge in [-0.1, -0.05) is 12.2 Å². The Labute approximate surface area is 177 Å². The first-order valence-electron chi connectivity index (χ1n) is 9.91. The second-order valence-corrected chi connectivity index (χ2v) is 7.06. The lowest BCUT2D eigenvalue weighted by molar-refractivity contribution is -0.141. The summed E-state index contributed by atoms with van der Waals surface area (Å²) < 4.78 is 38.1. The zero-order valence-corrected chi connectivity index (χ0v) is 17.1. The molecule has 0 bridgehead atoms. The largest absolute Gasteiger partial charge is 0.481 e. The van der Waals surface area contributed by atoms with Crippen molar-refractivity contribution in [3.63, 3.8) is 0 Å². The lowest BCUT2D eigenvalue weighted by Crippen LogP contribution is -2.45. The lowest BCUT2D eigenvalue weighted by atomic mass is 10.2. The van der Waals surface area contributed by atoms with E-state index < -0.39 is 17.8 Å². The van der Waals surface area contributed by atoms with Crippen LogP contribution >= 0.6 is 0 Å². The van der Waals surface area contributed by atoms with Gasteiger partial charge in [0.1, 0.15) is 11.6 Å². The number of carbonyl (C=O) groups is 1. The van der Waals surface area contributed by atoms with Crippen LogP contribution in [-0.2, 0) is 11.0 Å². The molecule has 3 rings (SSSR count). The quantitative estimate of drug-likeness (QED) is 0.641. The maximum atomic E-state index is 12.7. The van der Waals surface area contributed by atoms with Gasteiger partial charge in [-0.25, -0.2) is 9.97 Å². The number of piperazine rings is 1. The number of pyridine rings is 1. The Morgan fingerprint density at radius 3 is 2.55 bits per heavy atom. The minimum absolute atomic E-state index is 0.110. The Bertz CT molecular complexity index is 943. The number of hydrogen-bond donors (Lipinski definition) is 2. The van der Waals surface area contributed by atoms with Crippen LogP contribution in [0.3, 0.4) is 0 Å². The zero-order chi connectivity index (χ0) is 22.4. The third kappa shape index (κ3) is 5.87. The predicted octanol–water partition coefficient (Wildman–Crippen LogP) is 3.94.